The fourth-order valence-corrected chi connectivity index (χ4v) is 3.58. The predicted octanol–water partition coefficient (Wildman–Crippen LogP) is 3.09. The Morgan fingerprint density at radius 3 is 2.50 bits per heavy atom. The van der Waals surface area contributed by atoms with Crippen molar-refractivity contribution < 1.29 is 14.3 Å². The molecule has 26 heavy (non-hydrogen) atoms. The molecule has 2 rings (SSSR count). The van der Waals surface area contributed by atoms with Gasteiger partial charge in [0.1, 0.15) is 10.8 Å². The van der Waals surface area contributed by atoms with Gasteiger partial charge in [-0.2, -0.15) is 0 Å². The topological polar surface area (TPSA) is 86.5 Å². The van der Waals surface area contributed by atoms with Gasteiger partial charge in [0.15, 0.2) is 0 Å². The van der Waals surface area contributed by atoms with E-state index in [0.29, 0.717) is 6.54 Å². The number of methoxy groups -OCH3 is 2. The maximum atomic E-state index is 12.1. The number of benzene rings is 1. The van der Waals surface area contributed by atoms with Gasteiger partial charge in [0.05, 0.1) is 36.2 Å². The monoisotopic (exact) mass is 399 g/mol. The van der Waals surface area contributed by atoms with E-state index in [9.17, 15) is 4.79 Å². The number of aryl methyl sites for hydroxylation is 1. The highest BCUT2D eigenvalue weighted by Gasteiger charge is 2.19. The van der Waals surface area contributed by atoms with Crippen LogP contribution in [0.2, 0.25) is 0 Å². The van der Waals surface area contributed by atoms with Gasteiger partial charge in [-0.25, -0.2) is 4.98 Å². The maximum Gasteiger partial charge on any atom is 0.223 e. The Morgan fingerprint density at radius 1 is 1.31 bits per heavy atom. The van der Waals surface area contributed by atoms with Gasteiger partial charge in [-0.1, -0.05) is 0 Å². The molecule has 1 amide bonds. The maximum absolute atomic E-state index is 12.1. The molecule has 0 radical (unpaired) electrons. The molecule has 0 aliphatic heterocycles. The van der Waals surface area contributed by atoms with Crippen molar-refractivity contribution >= 4 is 29.7 Å². The number of nitrogens with zero attached hydrogens (tertiary/aromatic N) is 1. The van der Waals surface area contributed by atoms with Gasteiger partial charge in [-0.15, -0.1) is 23.7 Å². The summed E-state index contributed by atoms with van der Waals surface area (Å²) in [4.78, 5) is 17.8. The van der Waals surface area contributed by atoms with Crippen molar-refractivity contribution in [1.82, 2.24) is 10.3 Å². The van der Waals surface area contributed by atoms with Crippen LogP contribution in [0.3, 0.4) is 0 Å². The van der Waals surface area contributed by atoms with Crippen LogP contribution in [0, 0.1) is 6.92 Å². The predicted molar refractivity (Wildman–Crippen MR) is 107 cm³/mol. The minimum absolute atomic E-state index is 0. The van der Waals surface area contributed by atoms with Gasteiger partial charge in [-0.05, 0) is 38.1 Å². The van der Waals surface area contributed by atoms with Crippen LogP contribution in [0.15, 0.2) is 24.3 Å². The summed E-state index contributed by atoms with van der Waals surface area (Å²) < 4.78 is 10.3. The molecule has 2 unspecified atom stereocenters. The SMILES string of the molecule is COc1ccc(-c2nc(C)c(C(C)NC(=O)CC(CN)OC)s2)cc1.Cl. The van der Waals surface area contributed by atoms with E-state index in [0.717, 1.165) is 26.9 Å². The van der Waals surface area contributed by atoms with Gasteiger partial charge in [0.25, 0.3) is 0 Å². The number of nitrogens with two attached hydrogens (primary N) is 1. The highest BCUT2D eigenvalue weighted by Crippen LogP contribution is 2.32. The number of thiazole rings is 1. The molecule has 2 aromatic rings. The average Bonchev–Trinajstić information content (AvgIpc) is 3.01. The normalized spacial score (nSPS) is 12.8. The summed E-state index contributed by atoms with van der Waals surface area (Å²) in [5.74, 6) is 0.731. The first-order valence-electron chi connectivity index (χ1n) is 8.12. The fourth-order valence-electron chi connectivity index (χ4n) is 2.50. The second-order valence-electron chi connectivity index (χ2n) is 5.78. The molecule has 1 heterocycles. The van der Waals surface area contributed by atoms with Crippen LogP contribution in [0.5, 0.6) is 5.75 Å². The zero-order valence-electron chi connectivity index (χ0n) is 15.4. The Bertz CT molecular complexity index is 702. The zero-order valence-corrected chi connectivity index (χ0v) is 17.1. The lowest BCUT2D eigenvalue weighted by Gasteiger charge is -2.16. The molecule has 0 fully saturated rings. The van der Waals surface area contributed by atoms with Crippen molar-refractivity contribution in [3.8, 4) is 16.3 Å². The molecule has 0 aliphatic carbocycles. The number of carbonyl (C=O) groups is 1. The van der Waals surface area contributed by atoms with Crippen molar-refractivity contribution in [2.45, 2.75) is 32.4 Å². The molecule has 0 saturated carbocycles. The van der Waals surface area contributed by atoms with E-state index in [2.05, 4.69) is 10.3 Å². The lowest BCUT2D eigenvalue weighted by molar-refractivity contribution is -0.124. The van der Waals surface area contributed by atoms with Crippen molar-refractivity contribution in [1.29, 1.82) is 0 Å². The number of hydrogen-bond donors (Lipinski definition) is 2. The summed E-state index contributed by atoms with van der Waals surface area (Å²) in [6.45, 7) is 4.24. The summed E-state index contributed by atoms with van der Waals surface area (Å²) in [7, 11) is 3.20. The first-order chi connectivity index (χ1) is 12.0. The standard InChI is InChI=1S/C18H25N3O3S.ClH/c1-11(20-16(22)9-15(10-19)24-4)17-12(2)21-18(25-17)13-5-7-14(23-3)8-6-13;/h5-8,11,15H,9-10,19H2,1-4H3,(H,20,22);1H. The summed E-state index contributed by atoms with van der Waals surface area (Å²) in [5.41, 5.74) is 7.52. The number of aromatic nitrogens is 1. The minimum Gasteiger partial charge on any atom is -0.497 e. The van der Waals surface area contributed by atoms with Crippen LogP contribution in [0.1, 0.15) is 30.0 Å². The lowest BCUT2D eigenvalue weighted by atomic mass is 10.2. The largest absolute Gasteiger partial charge is 0.497 e. The van der Waals surface area contributed by atoms with Crippen LogP contribution in [0.25, 0.3) is 10.6 Å². The Balaban J connectivity index is 0.00000338. The van der Waals surface area contributed by atoms with E-state index in [-0.39, 0.29) is 36.9 Å². The van der Waals surface area contributed by atoms with Gasteiger partial charge in [-0.3, -0.25) is 4.79 Å². The van der Waals surface area contributed by atoms with Crippen molar-refractivity contribution in [3.63, 3.8) is 0 Å². The van der Waals surface area contributed by atoms with Crippen molar-refractivity contribution in [2.24, 2.45) is 5.73 Å². The third-order valence-corrected chi connectivity index (χ3v) is 5.34. The van der Waals surface area contributed by atoms with Crippen LogP contribution < -0.4 is 15.8 Å². The van der Waals surface area contributed by atoms with Crippen LogP contribution in [0.4, 0.5) is 0 Å². The second-order valence-corrected chi connectivity index (χ2v) is 6.81. The number of ether oxygens (including phenoxy) is 2. The van der Waals surface area contributed by atoms with Crippen LogP contribution in [-0.2, 0) is 9.53 Å². The third kappa shape index (κ3) is 5.67. The number of carbonyl (C=O) groups excluding carboxylic acids is 1. The van der Waals surface area contributed by atoms with Gasteiger partial charge >= 0.3 is 0 Å². The smallest absolute Gasteiger partial charge is 0.223 e. The van der Waals surface area contributed by atoms with Gasteiger partial charge in [0.2, 0.25) is 5.91 Å². The Kier molecular flexibility index (Phi) is 9.01. The molecule has 2 atom stereocenters. The third-order valence-electron chi connectivity index (χ3n) is 3.95. The van der Waals surface area contributed by atoms with Crippen LogP contribution >= 0.6 is 23.7 Å². The summed E-state index contributed by atoms with van der Waals surface area (Å²) >= 11 is 1.58. The van der Waals surface area contributed by atoms with Gasteiger partial charge < -0.3 is 20.5 Å². The Hall–Kier alpha value is -1.67. The average molecular weight is 400 g/mol. The first kappa shape index (κ1) is 22.4. The molecule has 1 aromatic heterocycles. The molecule has 8 heteroatoms. The molecular formula is C18H26ClN3O3S. The van der Waals surface area contributed by atoms with E-state index in [1.54, 1.807) is 25.6 Å². The molecule has 0 aliphatic rings. The summed E-state index contributed by atoms with van der Waals surface area (Å²) in [6.07, 6.45) is -0.00909. The zero-order chi connectivity index (χ0) is 18.4. The highest BCUT2D eigenvalue weighted by atomic mass is 35.5. The summed E-state index contributed by atoms with van der Waals surface area (Å²) in [6, 6.07) is 7.67. The van der Waals surface area contributed by atoms with Crippen molar-refractivity contribution in [2.75, 3.05) is 20.8 Å². The van der Waals surface area contributed by atoms with E-state index < -0.39 is 0 Å². The molecule has 1 aromatic carbocycles. The molecule has 0 saturated heterocycles. The lowest BCUT2D eigenvalue weighted by Crippen LogP contribution is -2.33. The number of rotatable bonds is 8. The second kappa shape index (κ2) is 10.5. The van der Waals surface area contributed by atoms with E-state index in [1.165, 1.54) is 0 Å². The van der Waals surface area contributed by atoms with E-state index in [4.69, 9.17) is 15.2 Å². The molecule has 6 nitrogen and oxygen atoms in total. The van der Waals surface area contributed by atoms with Crippen LogP contribution in [-0.4, -0.2) is 37.8 Å². The fraction of sp³-hybridized carbons (Fsp3) is 0.444. The molecule has 3 N–H and O–H groups in total. The highest BCUT2D eigenvalue weighted by molar-refractivity contribution is 7.15. The first-order valence-corrected chi connectivity index (χ1v) is 8.94. The molecule has 0 spiro atoms. The quantitative estimate of drug-likeness (QED) is 0.712. The minimum atomic E-state index is -0.260. The van der Waals surface area contributed by atoms with E-state index in [1.807, 2.05) is 38.1 Å². The Morgan fingerprint density at radius 2 is 1.96 bits per heavy atom. The molecule has 144 valence electrons. The number of amides is 1. The molecule has 0 bridgehead atoms. The molecular weight excluding hydrogens is 374 g/mol. The van der Waals surface area contributed by atoms with Crippen molar-refractivity contribution in [3.05, 3.63) is 34.8 Å². The number of halogens is 1. The number of nitrogens with one attached hydrogen (secondary N) is 1. The van der Waals surface area contributed by atoms with E-state index >= 15 is 0 Å². The summed E-state index contributed by atoms with van der Waals surface area (Å²) in [5, 5.41) is 3.92. The van der Waals surface area contributed by atoms with Gasteiger partial charge in [0, 0.05) is 19.2 Å². The number of hydrogen-bond acceptors (Lipinski definition) is 6. The Labute approximate surface area is 164 Å².